The summed E-state index contributed by atoms with van der Waals surface area (Å²) in [5, 5.41) is 1.69. The van der Waals surface area contributed by atoms with Crippen molar-refractivity contribution in [1.82, 2.24) is 5.32 Å². The van der Waals surface area contributed by atoms with Crippen molar-refractivity contribution in [3.63, 3.8) is 0 Å². The molecule has 17 heavy (non-hydrogen) atoms. The average Bonchev–Trinajstić information content (AvgIpc) is 2.14. The van der Waals surface area contributed by atoms with Crippen LogP contribution < -0.4 is 5.32 Å². The average molecular weight is 278 g/mol. The molecule has 1 atom stereocenters. The first-order valence-corrected chi connectivity index (χ1v) is 5.94. The molecule has 0 saturated heterocycles. The quantitative estimate of drug-likeness (QED) is 0.821. The monoisotopic (exact) mass is 277 g/mol. The van der Waals surface area contributed by atoms with Crippen molar-refractivity contribution in [2.75, 3.05) is 0 Å². The van der Waals surface area contributed by atoms with Gasteiger partial charge in [0.1, 0.15) is 11.2 Å². The van der Waals surface area contributed by atoms with Gasteiger partial charge in [-0.15, -0.1) is 11.6 Å². The second kappa shape index (κ2) is 5.23. The minimum Gasteiger partial charge on any atom is -0.350 e. The van der Waals surface area contributed by atoms with Gasteiger partial charge >= 0.3 is 0 Å². The number of hydrogen-bond donors (Lipinski definition) is 1. The third-order valence-electron chi connectivity index (χ3n) is 1.98. The number of carbonyl (C=O) groups excluding carboxylic acids is 1. The number of nitrogens with one attached hydrogen (secondary N) is 1. The fraction of sp³-hybridized carbons (Fsp3) is 0.417. The molecular weight excluding hydrogens is 264 g/mol. The zero-order chi connectivity index (χ0) is 13.2. The summed E-state index contributed by atoms with van der Waals surface area (Å²) >= 11 is 11.8. The van der Waals surface area contributed by atoms with E-state index in [1.54, 1.807) is 0 Å². The lowest BCUT2D eigenvalue weighted by Crippen LogP contribution is -2.42. The predicted octanol–water partition coefficient (Wildman–Crippen LogP) is 3.67. The van der Waals surface area contributed by atoms with E-state index in [0.717, 1.165) is 0 Å². The normalized spacial score (nSPS) is 13.3. The molecule has 0 heterocycles. The molecule has 1 amide bonds. The summed E-state index contributed by atoms with van der Waals surface area (Å²) in [5.41, 5.74) is -0.417. The van der Waals surface area contributed by atoms with Crippen molar-refractivity contribution in [1.29, 1.82) is 0 Å². The van der Waals surface area contributed by atoms with Crippen LogP contribution in [0, 0.1) is 5.82 Å². The van der Waals surface area contributed by atoms with Crippen molar-refractivity contribution < 1.29 is 9.18 Å². The molecule has 94 valence electrons. The number of benzene rings is 1. The van der Waals surface area contributed by atoms with Crippen molar-refractivity contribution >= 4 is 29.1 Å². The van der Waals surface area contributed by atoms with Crippen molar-refractivity contribution in [3.05, 3.63) is 34.6 Å². The maximum Gasteiger partial charge on any atom is 0.243 e. The number of amides is 1. The van der Waals surface area contributed by atoms with E-state index in [1.807, 2.05) is 20.8 Å². The van der Waals surface area contributed by atoms with Gasteiger partial charge in [-0.2, -0.15) is 0 Å². The Morgan fingerprint density at radius 1 is 1.41 bits per heavy atom. The summed E-state index contributed by atoms with van der Waals surface area (Å²) in [6.07, 6.45) is 0. The van der Waals surface area contributed by atoms with Gasteiger partial charge in [-0.3, -0.25) is 4.79 Å². The van der Waals surface area contributed by atoms with Gasteiger partial charge in [-0.05, 0) is 32.9 Å². The van der Waals surface area contributed by atoms with Crippen molar-refractivity contribution in [3.8, 4) is 0 Å². The SMILES string of the molecule is CC(C)(C)NC(=O)C(Cl)c1c(F)cccc1Cl. The Morgan fingerprint density at radius 2 is 2.00 bits per heavy atom. The number of rotatable bonds is 2. The molecule has 0 radical (unpaired) electrons. The van der Waals surface area contributed by atoms with E-state index in [2.05, 4.69) is 5.32 Å². The van der Waals surface area contributed by atoms with Gasteiger partial charge in [0.2, 0.25) is 5.91 Å². The lowest BCUT2D eigenvalue weighted by Gasteiger charge is -2.23. The first kappa shape index (κ1) is 14.3. The van der Waals surface area contributed by atoms with Crippen LogP contribution >= 0.6 is 23.2 Å². The molecule has 1 N–H and O–H groups in total. The first-order chi connectivity index (χ1) is 7.72. The van der Waals surface area contributed by atoms with Gasteiger partial charge in [0.25, 0.3) is 0 Å². The lowest BCUT2D eigenvalue weighted by molar-refractivity contribution is -0.122. The van der Waals surface area contributed by atoms with Crippen LogP contribution in [0.1, 0.15) is 31.7 Å². The van der Waals surface area contributed by atoms with E-state index in [9.17, 15) is 9.18 Å². The Balaban J connectivity index is 2.97. The predicted molar refractivity (Wildman–Crippen MR) is 67.9 cm³/mol. The fourth-order valence-corrected chi connectivity index (χ4v) is 1.92. The van der Waals surface area contributed by atoms with Gasteiger partial charge in [0.15, 0.2) is 0 Å². The first-order valence-electron chi connectivity index (χ1n) is 5.12. The second-order valence-corrected chi connectivity index (χ2v) is 5.58. The topological polar surface area (TPSA) is 29.1 Å². The Morgan fingerprint density at radius 3 is 2.47 bits per heavy atom. The summed E-state index contributed by atoms with van der Waals surface area (Å²) in [6.45, 7) is 5.45. The molecule has 5 heteroatoms. The zero-order valence-corrected chi connectivity index (χ0v) is 11.4. The number of carbonyl (C=O) groups is 1. The standard InChI is InChI=1S/C12H14Cl2FNO/c1-12(2,3)16-11(17)10(14)9-7(13)5-4-6-8(9)15/h4-6,10H,1-3H3,(H,16,17). The molecule has 0 spiro atoms. The summed E-state index contributed by atoms with van der Waals surface area (Å²) in [6, 6.07) is 4.19. The van der Waals surface area contributed by atoms with Gasteiger partial charge in [0.05, 0.1) is 0 Å². The molecule has 0 aliphatic carbocycles. The minimum absolute atomic E-state index is 0.0117. The highest BCUT2D eigenvalue weighted by Gasteiger charge is 2.26. The van der Waals surface area contributed by atoms with Crippen LogP contribution in [-0.2, 0) is 4.79 Å². The molecule has 1 aromatic carbocycles. The second-order valence-electron chi connectivity index (χ2n) is 4.74. The molecule has 1 unspecified atom stereocenters. The van der Waals surface area contributed by atoms with Crippen LogP contribution in [0.3, 0.4) is 0 Å². The van der Waals surface area contributed by atoms with Crippen LogP contribution in [0.15, 0.2) is 18.2 Å². The van der Waals surface area contributed by atoms with E-state index < -0.39 is 22.6 Å². The van der Waals surface area contributed by atoms with Gasteiger partial charge in [-0.25, -0.2) is 4.39 Å². The summed E-state index contributed by atoms with van der Waals surface area (Å²) < 4.78 is 13.5. The number of halogens is 3. The molecule has 0 aliphatic rings. The van der Waals surface area contributed by atoms with Gasteiger partial charge < -0.3 is 5.32 Å². The fourth-order valence-electron chi connectivity index (χ4n) is 1.32. The van der Waals surface area contributed by atoms with Crippen LogP contribution in [-0.4, -0.2) is 11.4 Å². The van der Waals surface area contributed by atoms with E-state index >= 15 is 0 Å². The molecule has 0 saturated carbocycles. The van der Waals surface area contributed by atoms with Gasteiger partial charge in [0, 0.05) is 16.1 Å². The third-order valence-corrected chi connectivity index (χ3v) is 2.73. The van der Waals surface area contributed by atoms with Crippen molar-refractivity contribution in [2.24, 2.45) is 0 Å². The van der Waals surface area contributed by atoms with Crippen LogP contribution in [0.5, 0.6) is 0 Å². The molecule has 1 rings (SSSR count). The maximum atomic E-state index is 13.5. The van der Waals surface area contributed by atoms with Crippen LogP contribution in [0.25, 0.3) is 0 Å². The van der Waals surface area contributed by atoms with E-state index in [-0.39, 0.29) is 10.6 Å². The highest BCUT2D eigenvalue weighted by Crippen LogP contribution is 2.30. The smallest absolute Gasteiger partial charge is 0.243 e. The molecule has 0 aliphatic heterocycles. The maximum absolute atomic E-state index is 13.5. The minimum atomic E-state index is -1.14. The van der Waals surface area contributed by atoms with Gasteiger partial charge in [-0.1, -0.05) is 17.7 Å². The lowest BCUT2D eigenvalue weighted by atomic mass is 10.1. The van der Waals surface area contributed by atoms with E-state index in [1.165, 1.54) is 18.2 Å². The molecular formula is C12H14Cl2FNO. The van der Waals surface area contributed by atoms with E-state index in [0.29, 0.717) is 0 Å². The summed E-state index contributed by atoms with van der Waals surface area (Å²) in [7, 11) is 0. The van der Waals surface area contributed by atoms with Crippen LogP contribution in [0.2, 0.25) is 5.02 Å². The molecule has 2 nitrogen and oxygen atoms in total. The Kier molecular flexibility index (Phi) is 4.39. The number of hydrogen-bond acceptors (Lipinski definition) is 1. The zero-order valence-electron chi connectivity index (χ0n) is 9.85. The van der Waals surface area contributed by atoms with Crippen molar-refractivity contribution in [2.45, 2.75) is 31.7 Å². The Labute approximate surface area is 110 Å². The highest BCUT2D eigenvalue weighted by molar-refractivity contribution is 6.35. The molecule has 0 fully saturated rings. The Hall–Kier alpha value is -0.800. The van der Waals surface area contributed by atoms with Crippen LogP contribution in [0.4, 0.5) is 4.39 Å². The molecule has 0 aromatic heterocycles. The molecule has 0 bridgehead atoms. The number of alkyl halides is 1. The highest BCUT2D eigenvalue weighted by atomic mass is 35.5. The third kappa shape index (κ3) is 3.86. The Bertz CT molecular complexity index is 409. The van der Waals surface area contributed by atoms with E-state index in [4.69, 9.17) is 23.2 Å². The summed E-state index contributed by atoms with van der Waals surface area (Å²) in [4.78, 5) is 11.8. The summed E-state index contributed by atoms with van der Waals surface area (Å²) in [5.74, 6) is -1.05. The largest absolute Gasteiger partial charge is 0.350 e. The molecule has 1 aromatic rings.